The maximum Gasteiger partial charge on any atom is 0.298 e. The lowest BCUT2D eigenvalue weighted by molar-refractivity contribution is -0.121. The molecule has 138 valence electrons. The third kappa shape index (κ3) is 2.96. The van der Waals surface area contributed by atoms with E-state index in [0.717, 1.165) is 55.9 Å². The number of hydrogen-bond acceptors (Lipinski definition) is 5. The fraction of sp³-hybridized carbons (Fsp3) is 0.333. The second-order valence-corrected chi connectivity index (χ2v) is 7.12. The molecule has 0 radical (unpaired) electrons. The van der Waals surface area contributed by atoms with Crippen LogP contribution < -0.4 is 9.80 Å². The third-order valence-electron chi connectivity index (χ3n) is 5.55. The van der Waals surface area contributed by atoms with Crippen LogP contribution in [0.4, 0.5) is 11.7 Å². The van der Waals surface area contributed by atoms with Crippen LogP contribution in [-0.4, -0.2) is 54.6 Å². The highest BCUT2D eigenvalue weighted by Crippen LogP contribution is 2.27. The fourth-order valence-electron chi connectivity index (χ4n) is 4.09. The molecule has 6 nitrogen and oxygen atoms in total. The Labute approximate surface area is 158 Å². The Bertz CT molecular complexity index is 914. The van der Waals surface area contributed by atoms with Gasteiger partial charge in [-0.2, -0.15) is 4.98 Å². The average Bonchev–Trinajstić information content (AvgIpc) is 3.32. The normalized spacial score (nSPS) is 21.3. The van der Waals surface area contributed by atoms with Gasteiger partial charge in [-0.25, -0.2) is 0 Å². The van der Waals surface area contributed by atoms with E-state index in [1.807, 2.05) is 59.5 Å². The van der Waals surface area contributed by atoms with Crippen molar-refractivity contribution in [1.29, 1.82) is 0 Å². The fourth-order valence-corrected chi connectivity index (χ4v) is 4.09. The molecule has 0 saturated carbocycles. The molecule has 2 aliphatic heterocycles. The van der Waals surface area contributed by atoms with Gasteiger partial charge in [0.25, 0.3) is 6.01 Å². The Morgan fingerprint density at radius 3 is 2.41 bits per heavy atom. The second kappa shape index (κ2) is 6.70. The minimum Gasteiger partial charge on any atom is -0.423 e. The predicted octanol–water partition coefficient (Wildman–Crippen LogP) is 2.76. The summed E-state index contributed by atoms with van der Waals surface area (Å²) in [4.78, 5) is 23.9. The number of carbonyl (C=O) groups excluding carboxylic acids is 1. The third-order valence-corrected chi connectivity index (χ3v) is 5.55. The summed E-state index contributed by atoms with van der Waals surface area (Å²) in [5.41, 5.74) is 2.70. The number of carbonyl (C=O) groups is 1. The highest BCUT2D eigenvalue weighted by atomic mass is 16.4. The van der Waals surface area contributed by atoms with Crippen molar-refractivity contribution in [3.63, 3.8) is 0 Å². The quantitative estimate of drug-likeness (QED) is 0.717. The van der Waals surface area contributed by atoms with E-state index in [9.17, 15) is 4.79 Å². The van der Waals surface area contributed by atoms with Crippen LogP contribution in [0.1, 0.15) is 6.42 Å². The van der Waals surface area contributed by atoms with E-state index in [2.05, 4.69) is 14.8 Å². The lowest BCUT2D eigenvalue weighted by atomic mass is 10.2. The van der Waals surface area contributed by atoms with Gasteiger partial charge in [0.15, 0.2) is 5.58 Å². The molecule has 1 aromatic heterocycles. The summed E-state index contributed by atoms with van der Waals surface area (Å²) in [6, 6.07) is 18.4. The van der Waals surface area contributed by atoms with Crippen molar-refractivity contribution in [2.24, 2.45) is 0 Å². The van der Waals surface area contributed by atoms with Crippen molar-refractivity contribution in [1.82, 2.24) is 9.88 Å². The van der Waals surface area contributed by atoms with Gasteiger partial charge in [0.2, 0.25) is 5.91 Å². The van der Waals surface area contributed by atoms with E-state index in [0.29, 0.717) is 6.01 Å². The van der Waals surface area contributed by atoms with Crippen molar-refractivity contribution in [3.05, 3.63) is 54.6 Å². The van der Waals surface area contributed by atoms with Crippen LogP contribution in [0, 0.1) is 0 Å². The number of oxazole rings is 1. The molecular formula is C21H22N4O2. The number of nitrogens with zero attached hydrogens (tertiary/aromatic N) is 4. The molecule has 2 aromatic carbocycles. The monoisotopic (exact) mass is 362 g/mol. The topological polar surface area (TPSA) is 52.8 Å². The van der Waals surface area contributed by atoms with Gasteiger partial charge in [-0.05, 0) is 30.7 Å². The summed E-state index contributed by atoms with van der Waals surface area (Å²) in [6.07, 6.45) is 0.886. The molecule has 27 heavy (non-hydrogen) atoms. The number of aromatic nitrogens is 1. The van der Waals surface area contributed by atoms with Gasteiger partial charge in [0.05, 0.1) is 6.04 Å². The van der Waals surface area contributed by atoms with Crippen LogP contribution in [0.2, 0.25) is 0 Å². The molecule has 0 N–H and O–H groups in total. The molecule has 1 amide bonds. The van der Waals surface area contributed by atoms with Gasteiger partial charge in [0, 0.05) is 38.4 Å². The van der Waals surface area contributed by atoms with E-state index in [4.69, 9.17) is 4.42 Å². The Morgan fingerprint density at radius 2 is 1.63 bits per heavy atom. The van der Waals surface area contributed by atoms with Crippen LogP contribution in [-0.2, 0) is 4.79 Å². The van der Waals surface area contributed by atoms with Crippen LogP contribution in [0.25, 0.3) is 11.1 Å². The number of fused-ring (bicyclic) bond motifs is 1. The maximum atomic E-state index is 12.9. The Kier molecular flexibility index (Phi) is 4.05. The molecule has 0 bridgehead atoms. The van der Waals surface area contributed by atoms with Gasteiger partial charge in [0.1, 0.15) is 5.52 Å². The largest absolute Gasteiger partial charge is 0.423 e. The summed E-state index contributed by atoms with van der Waals surface area (Å²) < 4.78 is 5.89. The molecule has 1 atom stereocenters. The standard InChI is InChI=1S/C21H22N4O2/c26-20-18(10-11-25(20)16-6-2-1-3-7-16)23-12-14-24(15-13-23)21-22-17-8-4-5-9-19(17)27-21/h1-9,18H,10-15H2. The van der Waals surface area contributed by atoms with Gasteiger partial charge < -0.3 is 14.2 Å². The number of benzene rings is 2. The Balaban J connectivity index is 1.25. The lowest BCUT2D eigenvalue weighted by Crippen LogP contribution is -2.52. The van der Waals surface area contributed by atoms with Gasteiger partial charge in [-0.15, -0.1) is 0 Å². The zero-order valence-corrected chi connectivity index (χ0v) is 15.1. The van der Waals surface area contributed by atoms with E-state index < -0.39 is 0 Å². The molecule has 2 aliphatic rings. The minimum absolute atomic E-state index is 0.0176. The smallest absolute Gasteiger partial charge is 0.298 e. The van der Waals surface area contributed by atoms with Crippen LogP contribution in [0.15, 0.2) is 59.0 Å². The number of amides is 1. The zero-order valence-electron chi connectivity index (χ0n) is 15.1. The first-order valence-corrected chi connectivity index (χ1v) is 9.50. The first-order valence-electron chi connectivity index (χ1n) is 9.50. The second-order valence-electron chi connectivity index (χ2n) is 7.12. The number of para-hydroxylation sites is 3. The lowest BCUT2D eigenvalue weighted by Gasteiger charge is -2.36. The van der Waals surface area contributed by atoms with Crippen molar-refractivity contribution in [2.75, 3.05) is 42.5 Å². The maximum absolute atomic E-state index is 12.9. The number of hydrogen-bond donors (Lipinski definition) is 0. The van der Waals surface area contributed by atoms with Crippen molar-refractivity contribution in [2.45, 2.75) is 12.5 Å². The molecular weight excluding hydrogens is 340 g/mol. The van der Waals surface area contributed by atoms with Crippen molar-refractivity contribution < 1.29 is 9.21 Å². The molecule has 2 saturated heterocycles. The molecule has 3 aromatic rings. The highest BCUT2D eigenvalue weighted by molar-refractivity contribution is 5.99. The first kappa shape index (κ1) is 16.3. The number of piperazine rings is 1. The summed E-state index contributed by atoms with van der Waals surface area (Å²) in [5.74, 6) is 0.219. The van der Waals surface area contributed by atoms with Crippen LogP contribution >= 0.6 is 0 Å². The average molecular weight is 362 g/mol. The summed E-state index contributed by atoms with van der Waals surface area (Å²) in [5, 5.41) is 0. The zero-order chi connectivity index (χ0) is 18.2. The SMILES string of the molecule is O=C1C(N2CCN(c3nc4ccccc4o3)CC2)CCN1c1ccccc1. The summed E-state index contributed by atoms with van der Waals surface area (Å²) in [6.45, 7) is 4.12. The first-order chi connectivity index (χ1) is 13.3. The van der Waals surface area contributed by atoms with Crippen LogP contribution in [0.3, 0.4) is 0 Å². The number of rotatable bonds is 3. The van der Waals surface area contributed by atoms with E-state index in [1.165, 1.54) is 0 Å². The molecule has 0 aliphatic carbocycles. The molecule has 1 unspecified atom stereocenters. The van der Waals surface area contributed by atoms with Gasteiger partial charge in [-0.3, -0.25) is 9.69 Å². The highest BCUT2D eigenvalue weighted by Gasteiger charge is 2.38. The predicted molar refractivity (Wildman–Crippen MR) is 105 cm³/mol. The van der Waals surface area contributed by atoms with Gasteiger partial charge >= 0.3 is 0 Å². The van der Waals surface area contributed by atoms with E-state index in [-0.39, 0.29) is 11.9 Å². The molecule has 6 heteroatoms. The molecule has 3 heterocycles. The summed E-state index contributed by atoms with van der Waals surface area (Å²) in [7, 11) is 0. The molecule has 5 rings (SSSR count). The molecule has 0 spiro atoms. The van der Waals surface area contributed by atoms with E-state index >= 15 is 0 Å². The summed E-state index contributed by atoms with van der Waals surface area (Å²) >= 11 is 0. The van der Waals surface area contributed by atoms with E-state index in [1.54, 1.807) is 0 Å². The molecule has 2 fully saturated rings. The van der Waals surface area contributed by atoms with Crippen molar-refractivity contribution >= 4 is 28.7 Å². The van der Waals surface area contributed by atoms with Crippen molar-refractivity contribution in [3.8, 4) is 0 Å². The Morgan fingerprint density at radius 1 is 0.889 bits per heavy atom. The van der Waals surface area contributed by atoms with Crippen LogP contribution in [0.5, 0.6) is 0 Å². The number of anilines is 2. The Hall–Kier alpha value is -2.86. The van der Waals surface area contributed by atoms with Gasteiger partial charge in [-0.1, -0.05) is 30.3 Å². The minimum atomic E-state index is -0.0176.